The highest BCUT2D eigenvalue weighted by Gasteiger charge is 2.14. The second kappa shape index (κ2) is 5.08. The van der Waals surface area contributed by atoms with Gasteiger partial charge in [-0.1, -0.05) is 11.2 Å². The van der Waals surface area contributed by atoms with Crippen molar-refractivity contribution in [2.45, 2.75) is 6.42 Å². The third-order valence-electron chi connectivity index (χ3n) is 2.72. The lowest BCUT2D eigenvalue weighted by molar-refractivity contribution is 0.418. The fourth-order valence-electron chi connectivity index (χ4n) is 1.78. The Morgan fingerprint density at radius 3 is 2.90 bits per heavy atom. The van der Waals surface area contributed by atoms with E-state index in [1.54, 1.807) is 6.20 Å². The van der Waals surface area contributed by atoms with Crippen LogP contribution in [0.2, 0.25) is 0 Å². The van der Waals surface area contributed by atoms with Crippen LogP contribution in [0.15, 0.2) is 47.1 Å². The molecule has 1 N–H and O–H groups in total. The van der Waals surface area contributed by atoms with Crippen LogP contribution in [-0.2, 0) is 6.42 Å². The quantitative estimate of drug-likeness (QED) is 0.792. The average Bonchev–Trinajstić information content (AvgIpc) is 2.91. The summed E-state index contributed by atoms with van der Waals surface area (Å²) in [7, 11) is 0. The minimum Gasteiger partial charge on any atom is -0.507 e. The van der Waals surface area contributed by atoms with Crippen molar-refractivity contribution >= 4 is 0 Å². The Morgan fingerprint density at radius 2 is 2.10 bits per heavy atom. The molecule has 0 unspecified atom stereocenters. The third kappa shape index (κ3) is 2.49. The summed E-state index contributed by atoms with van der Waals surface area (Å²) in [5.74, 6) is -0.1000. The molecule has 0 aliphatic rings. The highest BCUT2D eigenvalue weighted by molar-refractivity contribution is 5.61. The van der Waals surface area contributed by atoms with Crippen molar-refractivity contribution < 1.29 is 14.0 Å². The van der Waals surface area contributed by atoms with Gasteiger partial charge in [-0.15, -0.1) is 0 Å². The van der Waals surface area contributed by atoms with Crippen LogP contribution in [0, 0.1) is 5.82 Å². The van der Waals surface area contributed by atoms with E-state index in [1.165, 1.54) is 6.07 Å². The van der Waals surface area contributed by atoms with Gasteiger partial charge >= 0.3 is 0 Å². The average molecular weight is 271 g/mol. The summed E-state index contributed by atoms with van der Waals surface area (Å²) in [6.07, 6.45) is 2.08. The Morgan fingerprint density at radius 1 is 1.20 bits per heavy atom. The number of hydrogen-bond donors (Lipinski definition) is 1. The zero-order chi connectivity index (χ0) is 13.9. The number of aromatic hydroxyl groups is 1. The van der Waals surface area contributed by atoms with Gasteiger partial charge in [-0.3, -0.25) is 4.98 Å². The second-order valence-electron chi connectivity index (χ2n) is 4.18. The Kier molecular flexibility index (Phi) is 3.12. The number of aromatic nitrogens is 3. The van der Waals surface area contributed by atoms with Gasteiger partial charge in [0.1, 0.15) is 11.6 Å². The van der Waals surface area contributed by atoms with Crippen LogP contribution in [0.5, 0.6) is 5.75 Å². The highest BCUT2D eigenvalue weighted by Crippen LogP contribution is 2.28. The zero-order valence-corrected chi connectivity index (χ0v) is 10.3. The van der Waals surface area contributed by atoms with E-state index in [-0.39, 0.29) is 17.2 Å². The number of phenolic OH excluding ortho intramolecular Hbond substituents is 1. The summed E-state index contributed by atoms with van der Waals surface area (Å²) >= 11 is 0. The fraction of sp³-hybridized carbons (Fsp3) is 0.0714. The Balaban J connectivity index is 1.88. The molecule has 3 aromatic rings. The molecule has 0 spiro atoms. The molecule has 0 saturated carbocycles. The van der Waals surface area contributed by atoms with Crippen LogP contribution in [-0.4, -0.2) is 20.2 Å². The van der Waals surface area contributed by atoms with E-state index in [0.29, 0.717) is 12.2 Å². The number of hydrogen-bond acceptors (Lipinski definition) is 5. The first kappa shape index (κ1) is 12.3. The van der Waals surface area contributed by atoms with Crippen LogP contribution >= 0.6 is 0 Å². The molecule has 6 heteroatoms. The van der Waals surface area contributed by atoms with Gasteiger partial charge in [-0.05, 0) is 30.3 Å². The molecule has 0 bridgehead atoms. The minimum atomic E-state index is -0.484. The molecule has 0 fully saturated rings. The summed E-state index contributed by atoms with van der Waals surface area (Å²) in [6, 6.07) is 9.07. The molecule has 2 aromatic heterocycles. The number of nitrogens with zero attached hydrogens (tertiary/aromatic N) is 3. The molecule has 0 radical (unpaired) electrons. The van der Waals surface area contributed by atoms with Gasteiger partial charge in [0.25, 0.3) is 5.89 Å². The topological polar surface area (TPSA) is 72.0 Å². The standard InChI is InChI=1S/C14H10FN3O2/c15-9-4-5-12(19)11(7-9)14-17-13(18-20-14)8-10-3-1-2-6-16-10/h1-7,19H,8H2. The number of halogens is 1. The predicted octanol–water partition coefficient (Wildman–Crippen LogP) is 2.57. The third-order valence-corrected chi connectivity index (χ3v) is 2.72. The van der Waals surface area contributed by atoms with Crippen LogP contribution in [0.25, 0.3) is 11.5 Å². The summed E-state index contributed by atoms with van der Waals surface area (Å²) in [5, 5.41) is 13.5. The Bertz CT molecular complexity index is 728. The maximum absolute atomic E-state index is 13.2. The van der Waals surface area contributed by atoms with Gasteiger partial charge in [-0.2, -0.15) is 4.98 Å². The van der Waals surface area contributed by atoms with Crippen molar-refractivity contribution in [2.75, 3.05) is 0 Å². The maximum Gasteiger partial charge on any atom is 0.261 e. The van der Waals surface area contributed by atoms with E-state index >= 15 is 0 Å². The normalized spacial score (nSPS) is 10.7. The lowest BCUT2D eigenvalue weighted by Gasteiger charge is -1.98. The largest absolute Gasteiger partial charge is 0.507 e. The molecular formula is C14H10FN3O2. The fourth-order valence-corrected chi connectivity index (χ4v) is 1.78. The van der Waals surface area contributed by atoms with E-state index < -0.39 is 5.82 Å². The molecule has 0 aliphatic carbocycles. The number of pyridine rings is 1. The number of rotatable bonds is 3. The molecule has 0 amide bonds. The van der Waals surface area contributed by atoms with Crippen molar-refractivity contribution in [1.29, 1.82) is 0 Å². The van der Waals surface area contributed by atoms with Gasteiger partial charge in [0.2, 0.25) is 0 Å². The minimum absolute atomic E-state index is 0.0768. The summed E-state index contributed by atoms with van der Waals surface area (Å²) in [4.78, 5) is 8.29. The van der Waals surface area contributed by atoms with Gasteiger partial charge < -0.3 is 9.63 Å². The maximum atomic E-state index is 13.2. The molecule has 0 saturated heterocycles. The van der Waals surface area contributed by atoms with Crippen molar-refractivity contribution in [1.82, 2.24) is 15.1 Å². The van der Waals surface area contributed by atoms with Crippen LogP contribution in [0.3, 0.4) is 0 Å². The van der Waals surface area contributed by atoms with E-state index in [4.69, 9.17) is 4.52 Å². The van der Waals surface area contributed by atoms with Crippen LogP contribution in [0.1, 0.15) is 11.5 Å². The molecule has 3 rings (SSSR count). The van der Waals surface area contributed by atoms with Gasteiger partial charge in [0.05, 0.1) is 12.0 Å². The Hall–Kier alpha value is -2.76. The first-order valence-corrected chi connectivity index (χ1v) is 5.94. The molecule has 2 heterocycles. The first-order chi connectivity index (χ1) is 9.72. The summed E-state index contributed by atoms with van der Waals surface area (Å²) in [6.45, 7) is 0. The molecule has 20 heavy (non-hydrogen) atoms. The number of benzene rings is 1. The molecule has 0 atom stereocenters. The second-order valence-corrected chi connectivity index (χ2v) is 4.18. The zero-order valence-electron chi connectivity index (χ0n) is 10.3. The smallest absolute Gasteiger partial charge is 0.261 e. The lowest BCUT2D eigenvalue weighted by Crippen LogP contribution is -1.93. The van der Waals surface area contributed by atoms with Crippen LogP contribution < -0.4 is 0 Å². The van der Waals surface area contributed by atoms with E-state index in [1.807, 2.05) is 18.2 Å². The first-order valence-electron chi connectivity index (χ1n) is 5.94. The van der Waals surface area contributed by atoms with E-state index in [9.17, 15) is 9.50 Å². The molecule has 100 valence electrons. The highest BCUT2D eigenvalue weighted by atomic mass is 19.1. The summed E-state index contributed by atoms with van der Waals surface area (Å²) in [5.41, 5.74) is 0.966. The van der Waals surface area contributed by atoms with Crippen molar-refractivity contribution in [3.63, 3.8) is 0 Å². The van der Waals surface area contributed by atoms with Gasteiger partial charge in [0, 0.05) is 11.9 Å². The number of phenols is 1. The SMILES string of the molecule is Oc1ccc(F)cc1-c1nc(Cc2ccccn2)no1. The van der Waals surface area contributed by atoms with Crippen LogP contribution in [0.4, 0.5) is 4.39 Å². The molecule has 0 aliphatic heterocycles. The Labute approximate surface area is 113 Å². The van der Waals surface area contributed by atoms with Crippen molar-refractivity contribution in [3.05, 3.63) is 59.9 Å². The molecule has 5 nitrogen and oxygen atoms in total. The predicted molar refractivity (Wildman–Crippen MR) is 68.4 cm³/mol. The lowest BCUT2D eigenvalue weighted by atomic mass is 10.2. The molecular weight excluding hydrogens is 261 g/mol. The molecule has 1 aromatic carbocycles. The monoisotopic (exact) mass is 271 g/mol. The van der Waals surface area contributed by atoms with Gasteiger partial charge in [-0.25, -0.2) is 4.39 Å². The van der Waals surface area contributed by atoms with E-state index in [2.05, 4.69) is 15.1 Å². The summed E-state index contributed by atoms with van der Waals surface area (Å²) < 4.78 is 18.2. The van der Waals surface area contributed by atoms with E-state index in [0.717, 1.165) is 17.8 Å². The van der Waals surface area contributed by atoms with Gasteiger partial charge in [0.15, 0.2) is 5.82 Å². The van der Waals surface area contributed by atoms with Crippen molar-refractivity contribution in [2.24, 2.45) is 0 Å². The van der Waals surface area contributed by atoms with Crippen molar-refractivity contribution in [3.8, 4) is 17.2 Å².